The number of hydrogen-bond donors (Lipinski definition) is 1. The van der Waals surface area contributed by atoms with Crippen LogP contribution < -0.4 is 4.72 Å². The molecule has 1 aromatic carbocycles. The van der Waals surface area contributed by atoms with Crippen LogP contribution in [0.1, 0.15) is 37.3 Å². The van der Waals surface area contributed by atoms with Crippen molar-refractivity contribution < 1.29 is 17.9 Å². The van der Waals surface area contributed by atoms with Crippen LogP contribution in [0.3, 0.4) is 0 Å². The third kappa shape index (κ3) is 3.32. The SMILES string of the molecule is CC1(C(=O)N2CCc3cc(S(=O)(=O)N[C@H]4CCOC4)ccc3C2)CC1. The molecular weight excluding hydrogens is 340 g/mol. The molecule has 25 heavy (non-hydrogen) atoms. The smallest absolute Gasteiger partial charge is 0.240 e. The summed E-state index contributed by atoms with van der Waals surface area (Å²) in [5.74, 6) is 0.234. The summed E-state index contributed by atoms with van der Waals surface area (Å²) in [6.07, 6.45) is 3.36. The van der Waals surface area contributed by atoms with Gasteiger partial charge in [0.1, 0.15) is 0 Å². The largest absolute Gasteiger partial charge is 0.380 e. The molecule has 2 heterocycles. The minimum Gasteiger partial charge on any atom is -0.380 e. The molecule has 1 aromatic rings. The zero-order valence-electron chi connectivity index (χ0n) is 14.5. The van der Waals surface area contributed by atoms with Crippen LogP contribution in [-0.4, -0.2) is 45.0 Å². The van der Waals surface area contributed by atoms with Crippen molar-refractivity contribution >= 4 is 15.9 Å². The van der Waals surface area contributed by atoms with Crippen molar-refractivity contribution in [1.29, 1.82) is 0 Å². The topological polar surface area (TPSA) is 75.7 Å². The molecule has 7 heteroatoms. The van der Waals surface area contributed by atoms with Crippen LogP contribution in [0.15, 0.2) is 23.1 Å². The first-order valence-electron chi connectivity index (χ1n) is 8.89. The van der Waals surface area contributed by atoms with Crippen LogP contribution in [0.4, 0.5) is 0 Å². The van der Waals surface area contributed by atoms with E-state index in [0.29, 0.717) is 44.0 Å². The molecule has 136 valence electrons. The number of hydrogen-bond acceptors (Lipinski definition) is 4. The minimum atomic E-state index is -3.53. The van der Waals surface area contributed by atoms with Crippen molar-refractivity contribution in [3.8, 4) is 0 Å². The van der Waals surface area contributed by atoms with Gasteiger partial charge < -0.3 is 9.64 Å². The molecule has 1 saturated heterocycles. The molecule has 1 aliphatic carbocycles. The first-order chi connectivity index (χ1) is 11.9. The average Bonchev–Trinajstić information content (AvgIpc) is 3.14. The molecule has 1 amide bonds. The van der Waals surface area contributed by atoms with E-state index in [9.17, 15) is 13.2 Å². The maximum Gasteiger partial charge on any atom is 0.240 e. The van der Waals surface area contributed by atoms with Gasteiger partial charge in [0.05, 0.1) is 11.5 Å². The van der Waals surface area contributed by atoms with E-state index in [1.54, 1.807) is 12.1 Å². The van der Waals surface area contributed by atoms with E-state index in [2.05, 4.69) is 4.72 Å². The molecule has 6 nitrogen and oxygen atoms in total. The Balaban J connectivity index is 1.50. The van der Waals surface area contributed by atoms with Crippen LogP contribution in [0.2, 0.25) is 0 Å². The van der Waals surface area contributed by atoms with Crippen molar-refractivity contribution in [3.05, 3.63) is 29.3 Å². The molecule has 0 spiro atoms. The number of nitrogens with zero attached hydrogens (tertiary/aromatic N) is 1. The number of fused-ring (bicyclic) bond motifs is 1. The number of carbonyl (C=O) groups excluding carboxylic acids is 1. The first-order valence-corrected chi connectivity index (χ1v) is 10.4. The molecule has 1 N–H and O–H groups in total. The summed E-state index contributed by atoms with van der Waals surface area (Å²) >= 11 is 0. The van der Waals surface area contributed by atoms with Crippen molar-refractivity contribution in [2.45, 2.75) is 50.1 Å². The van der Waals surface area contributed by atoms with E-state index >= 15 is 0 Å². The molecule has 0 bridgehead atoms. The van der Waals surface area contributed by atoms with Gasteiger partial charge in [0.2, 0.25) is 15.9 Å². The van der Waals surface area contributed by atoms with Gasteiger partial charge in [-0.2, -0.15) is 0 Å². The zero-order chi connectivity index (χ0) is 17.7. The van der Waals surface area contributed by atoms with E-state index < -0.39 is 10.0 Å². The number of rotatable bonds is 4. The van der Waals surface area contributed by atoms with Gasteiger partial charge in [-0.25, -0.2) is 13.1 Å². The average molecular weight is 364 g/mol. The Kier molecular flexibility index (Phi) is 4.13. The summed E-state index contributed by atoms with van der Waals surface area (Å²) < 4.78 is 33.1. The van der Waals surface area contributed by atoms with Gasteiger partial charge in [-0.1, -0.05) is 13.0 Å². The summed E-state index contributed by atoms with van der Waals surface area (Å²) in [7, 11) is -3.53. The molecule has 2 fully saturated rings. The second-order valence-corrected chi connectivity index (χ2v) is 9.36. The third-order valence-corrected chi connectivity index (χ3v) is 7.07. The van der Waals surface area contributed by atoms with Crippen LogP contribution in [-0.2, 0) is 32.5 Å². The van der Waals surface area contributed by atoms with Crippen LogP contribution in [0.25, 0.3) is 0 Å². The maximum absolute atomic E-state index is 12.6. The van der Waals surface area contributed by atoms with Gasteiger partial charge in [-0.05, 0) is 48.9 Å². The Morgan fingerprint density at radius 3 is 2.80 bits per heavy atom. The van der Waals surface area contributed by atoms with Crippen molar-refractivity contribution in [3.63, 3.8) is 0 Å². The predicted molar refractivity (Wildman–Crippen MR) is 92.4 cm³/mol. The van der Waals surface area contributed by atoms with Crippen LogP contribution >= 0.6 is 0 Å². The summed E-state index contributed by atoms with van der Waals surface area (Å²) in [5.41, 5.74) is 1.91. The Labute approximate surface area is 148 Å². The van der Waals surface area contributed by atoms with Gasteiger partial charge in [0.25, 0.3) is 0 Å². The zero-order valence-corrected chi connectivity index (χ0v) is 15.3. The predicted octanol–water partition coefficient (Wildman–Crippen LogP) is 1.44. The molecular formula is C18H24N2O4S. The van der Waals surface area contributed by atoms with E-state index in [0.717, 1.165) is 24.0 Å². The highest BCUT2D eigenvalue weighted by Crippen LogP contribution is 2.47. The highest BCUT2D eigenvalue weighted by molar-refractivity contribution is 7.89. The van der Waals surface area contributed by atoms with E-state index in [1.807, 2.05) is 17.9 Å². The normalized spacial score (nSPS) is 24.8. The molecule has 1 saturated carbocycles. The fourth-order valence-electron chi connectivity index (χ4n) is 3.57. The third-order valence-electron chi connectivity index (χ3n) is 5.56. The number of sulfonamides is 1. The monoisotopic (exact) mass is 364 g/mol. The second kappa shape index (κ2) is 6.07. The first kappa shape index (κ1) is 17.0. The maximum atomic E-state index is 12.6. The number of amides is 1. The fourth-order valence-corrected chi connectivity index (χ4v) is 4.87. The Morgan fingerprint density at radius 1 is 1.32 bits per heavy atom. The molecule has 2 aliphatic heterocycles. The summed E-state index contributed by atoms with van der Waals surface area (Å²) in [5, 5.41) is 0. The number of ether oxygens (including phenoxy) is 1. The minimum absolute atomic E-state index is 0.145. The molecule has 1 atom stereocenters. The van der Waals surface area contributed by atoms with E-state index in [-0.39, 0.29) is 17.4 Å². The highest BCUT2D eigenvalue weighted by atomic mass is 32.2. The molecule has 0 aromatic heterocycles. The summed E-state index contributed by atoms with van der Waals surface area (Å²) in [6.45, 7) is 4.29. The number of carbonyl (C=O) groups is 1. The van der Waals surface area contributed by atoms with E-state index in [4.69, 9.17) is 4.74 Å². The molecule has 4 rings (SSSR count). The van der Waals surface area contributed by atoms with Crippen LogP contribution in [0, 0.1) is 5.41 Å². The summed E-state index contributed by atoms with van der Waals surface area (Å²) in [6, 6.07) is 5.11. The van der Waals surface area contributed by atoms with Gasteiger partial charge in [-0.15, -0.1) is 0 Å². The lowest BCUT2D eigenvalue weighted by Gasteiger charge is -2.31. The van der Waals surface area contributed by atoms with Crippen molar-refractivity contribution in [2.75, 3.05) is 19.8 Å². The molecule has 3 aliphatic rings. The van der Waals surface area contributed by atoms with E-state index in [1.165, 1.54) is 0 Å². The van der Waals surface area contributed by atoms with Crippen molar-refractivity contribution in [1.82, 2.24) is 9.62 Å². The Bertz CT molecular complexity index is 795. The summed E-state index contributed by atoms with van der Waals surface area (Å²) in [4.78, 5) is 14.7. The molecule has 0 unspecified atom stereocenters. The highest BCUT2D eigenvalue weighted by Gasteiger charge is 2.47. The van der Waals surface area contributed by atoms with Gasteiger partial charge in [-0.3, -0.25) is 4.79 Å². The lowest BCUT2D eigenvalue weighted by Crippen LogP contribution is -2.40. The number of benzene rings is 1. The van der Waals surface area contributed by atoms with Gasteiger partial charge >= 0.3 is 0 Å². The Hall–Kier alpha value is -1.44. The lowest BCUT2D eigenvalue weighted by molar-refractivity contribution is -0.137. The van der Waals surface area contributed by atoms with Gasteiger partial charge in [0, 0.05) is 31.2 Å². The van der Waals surface area contributed by atoms with Gasteiger partial charge in [0.15, 0.2) is 0 Å². The van der Waals surface area contributed by atoms with Crippen molar-refractivity contribution in [2.24, 2.45) is 5.41 Å². The fraction of sp³-hybridized carbons (Fsp3) is 0.611. The van der Waals surface area contributed by atoms with Crippen LogP contribution in [0.5, 0.6) is 0 Å². The standard InChI is InChI=1S/C18H24N2O4S/c1-18(6-7-18)17(21)20-8-4-13-10-16(3-2-14(13)11-20)25(22,23)19-15-5-9-24-12-15/h2-3,10,15,19H,4-9,11-12H2,1H3/t15-/m0/s1. The second-order valence-electron chi connectivity index (χ2n) is 7.65. The lowest BCUT2D eigenvalue weighted by atomic mass is 9.98. The Morgan fingerprint density at radius 2 is 2.12 bits per heavy atom. The molecule has 0 radical (unpaired) electrons. The quantitative estimate of drug-likeness (QED) is 0.877. The number of nitrogens with one attached hydrogen (secondary N) is 1.